The number of hydrogen-bond donors (Lipinski definition) is 2. The number of anilines is 2. The van der Waals surface area contributed by atoms with E-state index in [1.807, 2.05) is 48.7 Å². The lowest BCUT2D eigenvalue weighted by Crippen LogP contribution is -2.29. The summed E-state index contributed by atoms with van der Waals surface area (Å²) in [6, 6.07) is 24.3. The van der Waals surface area contributed by atoms with Crippen LogP contribution in [0, 0.1) is 20.8 Å². The lowest BCUT2D eigenvalue weighted by molar-refractivity contribution is -0.114. The van der Waals surface area contributed by atoms with Gasteiger partial charge in [-0.3, -0.25) is 9.78 Å². The monoisotopic (exact) mass is 495 g/mol. The largest absolute Gasteiger partial charge is 0.351 e. The lowest BCUT2D eigenvalue weighted by Gasteiger charge is -2.28. The van der Waals surface area contributed by atoms with E-state index >= 15 is 0 Å². The molecule has 36 heavy (non-hydrogen) atoms. The molecule has 1 saturated heterocycles. The first-order chi connectivity index (χ1) is 17.3. The number of aryl methyl sites for hydroxylation is 2. The van der Waals surface area contributed by atoms with Gasteiger partial charge in [0.25, 0.3) is 0 Å². The number of hydrogen-bond acceptors (Lipinski definition) is 3. The summed E-state index contributed by atoms with van der Waals surface area (Å²) in [6.07, 6.45) is 1.82. The molecule has 2 unspecified atom stereocenters. The molecule has 1 aliphatic rings. The smallest absolute Gasteiger partial charge is 0.221 e. The Balaban J connectivity index is 1.63. The van der Waals surface area contributed by atoms with Gasteiger partial charge < -0.3 is 20.1 Å². The highest BCUT2D eigenvalue weighted by atomic mass is 32.1. The molecule has 0 bridgehead atoms. The van der Waals surface area contributed by atoms with Crippen LogP contribution in [0.3, 0.4) is 0 Å². The Bertz CT molecular complexity index is 1430. The molecule has 0 spiro atoms. The maximum absolute atomic E-state index is 11.5. The standard InChI is InChI=1S/C29H29N5OS/c1-18-8-7-9-24(16-18)33-19(2)17-25(20(33)3)28-27(26-10-5-6-15-30-26)32-29(36)34(28)23-13-11-22(12-14-23)31-21(4)35/h5-17,27-28H,1-4H3,(H,31,35)(H,32,36). The maximum atomic E-state index is 11.5. The minimum atomic E-state index is -0.125. The number of carbonyl (C=O) groups excluding carboxylic acids is 1. The van der Waals surface area contributed by atoms with Gasteiger partial charge in [0.05, 0.1) is 17.8 Å². The summed E-state index contributed by atoms with van der Waals surface area (Å²) in [5.74, 6) is -0.0993. The van der Waals surface area contributed by atoms with Gasteiger partial charge >= 0.3 is 0 Å². The second-order valence-electron chi connectivity index (χ2n) is 9.23. The van der Waals surface area contributed by atoms with E-state index in [-0.39, 0.29) is 18.0 Å². The van der Waals surface area contributed by atoms with Crippen LogP contribution in [0.4, 0.5) is 11.4 Å². The van der Waals surface area contributed by atoms with E-state index in [2.05, 4.69) is 76.2 Å². The predicted octanol–water partition coefficient (Wildman–Crippen LogP) is 5.93. The van der Waals surface area contributed by atoms with E-state index < -0.39 is 0 Å². The number of carbonyl (C=O) groups is 1. The van der Waals surface area contributed by atoms with E-state index in [4.69, 9.17) is 12.2 Å². The van der Waals surface area contributed by atoms with Crippen LogP contribution in [0.25, 0.3) is 5.69 Å². The van der Waals surface area contributed by atoms with Gasteiger partial charge in [0.15, 0.2) is 5.11 Å². The number of amides is 1. The molecule has 7 heteroatoms. The molecule has 0 saturated carbocycles. The van der Waals surface area contributed by atoms with Gasteiger partial charge in [-0.2, -0.15) is 0 Å². The fraction of sp³-hybridized carbons (Fsp3) is 0.207. The molecule has 0 radical (unpaired) electrons. The molecule has 3 heterocycles. The van der Waals surface area contributed by atoms with Gasteiger partial charge in [0, 0.05) is 41.6 Å². The lowest BCUT2D eigenvalue weighted by atomic mass is 9.96. The van der Waals surface area contributed by atoms with Crippen LogP contribution in [-0.2, 0) is 4.79 Å². The molecule has 2 atom stereocenters. The molecule has 2 N–H and O–H groups in total. The fourth-order valence-corrected chi connectivity index (χ4v) is 5.45. The molecule has 2 aromatic heterocycles. The summed E-state index contributed by atoms with van der Waals surface area (Å²) in [4.78, 5) is 18.3. The zero-order valence-corrected chi connectivity index (χ0v) is 21.6. The van der Waals surface area contributed by atoms with E-state index in [0.717, 1.165) is 34.1 Å². The molecule has 1 amide bonds. The van der Waals surface area contributed by atoms with Gasteiger partial charge in [-0.05, 0) is 98.7 Å². The molecular formula is C29H29N5OS. The SMILES string of the molecule is CC(=O)Nc1ccc(N2C(=S)NC(c3ccccn3)C2c2cc(C)n(-c3cccc(C)c3)c2C)cc1. The number of pyridine rings is 1. The third-order valence-electron chi connectivity index (χ3n) is 6.61. The van der Waals surface area contributed by atoms with Gasteiger partial charge in [-0.15, -0.1) is 0 Å². The third-order valence-corrected chi connectivity index (χ3v) is 6.93. The van der Waals surface area contributed by atoms with Crippen LogP contribution in [0.15, 0.2) is 79.0 Å². The minimum Gasteiger partial charge on any atom is -0.351 e. The predicted molar refractivity (Wildman–Crippen MR) is 149 cm³/mol. The summed E-state index contributed by atoms with van der Waals surface area (Å²) in [6.45, 7) is 7.92. The molecule has 1 aliphatic heterocycles. The Kier molecular flexibility index (Phi) is 6.33. The van der Waals surface area contributed by atoms with Crippen molar-refractivity contribution in [3.63, 3.8) is 0 Å². The Morgan fingerprint density at radius 3 is 2.42 bits per heavy atom. The van der Waals surface area contributed by atoms with Gasteiger partial charge in [0.1, 0.15) is 0 Å². The topological polar surface area (TPSA) is 62.2 Å². The minimum absolute atomic E-state index is 0.0993. The first-order valence-electron chi connectivity index (χ1n) is 12.0. The highest BCUT2D eigenvalue weighted by Crippen LogP contribution is 2.43. The van der Waals surface area contributed by atoms with Crippen molar-refractivity contribution in [1.29, 1.82) is 0 Å². The van der Waals surface area contributed by atoms with Crippen LogP contribution < -0.4 is 15.5 Å². The molecule has 1 fully saturated rings. The van der Waals surface area contributed by atoms with Crippen LogP contribution in [0.2, 0.25) is 0 Å². The van der Waals surface area contributed by atoms with Crippen LogP contribution >= 0.6 is 12.2 Å². The van der Waals surface area contributed by atoms with E-state index in [9.17, 15) is 4.79 Å². The number of nitrogens with one attached hydrogen (secondary N) is 2. The van der Waals surface area contributed by atoms with Crippen LogP contribution in [-0.4, -0.2) is 20.6 Å². The van der Waals surface area contributed by atoms with E-state index in [1.165, 1.54) is 18.1 Å². The summed E-state index contributed by atoms with van der Waals surface area (Å²) in [5.41, 5.74) is 8.50. The molecule has 2 aromatic carbocycles. The average molecular weight is 496 g/mol. The first kappa shape index (κ1) is 23.8. The number of nitrogens with zero attached hydrogens (tertiary/aromatic N) is 3. The van der Waals surface area contributed by atoms with Crippen molar-refractivity contribution in [3.05, 3.63) is 107 Å². The first-order valence-corrected chi connectivity index (χ1v) is 12.4. The van der Waals surface area contributed by atoms with Crippen LogP contribution in [0.5, 0.6) is 0 Å². The summed E-state index contributed by atoms with van der Waals surface area (Å²) >= 11 is 5.88. The Morgan fingerprint density at radius 2 is 1.75 bits per heavy atom. The van der Waals surface area contributed by atoms with Gasteiger partial charge in [-0.25, -0.2) is 0 Å². The summed E-state index contributed by atoms with van der Waals surface area (Å²) in [7, 11) is 0. The van der Waals surface area contributed by atoms with Gasteiger partial charge in [-0.1, -0.05) is 18.2 Å². The molecule has 6 nitrogen and oxygen atoms in total. The highest BCUT2D eigenvalue weighted by Gasteiger charge is 2.42. The Hall–Kier alpha value is -3.97. The summed E-state index contributed by atoms with van der Waals surface area (Å²) in [5, 5.41) is 7.01. The van der Waals surface area contributed by atoms with Crippen LogP contribution in [0.1, 0.15) is 47.2 Å². The highest BCUT2D eigenvalue weighted by molar-refractivity contribution is 7.80. The maximum Gasteiger partial charge on any atom is 0.221 e. The number of rotatable bonds is 5. The van der Waals surface area contributed by atoms with Crippen molar-refractivity contribution in [2.75, 3.05) is 10.2 Å². The quantitative estimate of drug-likeness (QED) is 0.336. The van der Waals surface area contributed by atoms with Crippen molar-refractivity contribution < 1.29 is 4.79 Å². The Labute approximate surface area is 217 Å². The van der Waals surface area contributed by atoms with Crippen molar-refractivity contribution in [2.24, 2.45) is 0 Å². The number of benzene rings is 2. The zero-order valence-electron chi connectivity index (χ0n) is 20.8. The normalized spacial score (nSPS) is 17.2. The van der Waals surface area contributed by atoms with E-state index in [1.54, 1.807) is 0 Å². The summed E-state index contributed by atoms with van der Waals surface area (Å²) < 4.78 is 2.30. The number of aromatic nitrogens is 2. The average Bonchev–Trinajstić information content (AvgIpc) is 3.35. The molecule has 182 valence electrons. The second-order valence-corrected chi connectivity index (χ2v) is 9.61. The van der Waals surface area contributed by atoms with Crippen molar-refractivity contribution in [2.45, 2.75) is 39.8 Å². The van der Waals surface area contributed by atoms with Crippen molar-refractivity contribution in [3.8, 4) is 5.69 Å². The molecular weight excluding hydrogens is 466 g/mol. The second kappa shape index (κ2) is 9.59. The van der Waals surface area contributed by atoms with Gasteiger partial charge in [0.2, 0.25) is 5.91 Å². The fourth-order valence-electron chi connectivity index (χ4n) is 5.11. The third kappa shape index (κ3) is 4.38. The number of thiocarbonyl (C=S) groups is 1. The molecule has 5 rings (SSSR count). The van der Waals surface area contributed by atoms with E-state index in [0.29, 0.717) is 5.11 Å². The van der Waals surface area contributed by atoms with Crippen molar-refractivity contribution >= 4 is 34.6 Å². The molecule has 4 aromatic rings. The van der Waals surface area contributed by atoms with Crippen molar-refractivity contribution in [1.82, 2.24) is 14.9 Å². The Morgan fingerprint density at radius 1 is 0.972 bits per heavy atom. The molecule has 0 aliphatic carbocycles. The zero-order chi connectivity index (χ0) is 25.4.